The molecule has 0 radical (unpaired) electrons. The molecule has 0 unspecified atom stereocenters. The molecule has 0 fully saturated rings. The fourth-order valence-electron chi connectivity index (χ4n) is 7.66. The Labute approximate surface area is 339 Å². The van der Waals surface area contributed by atoms with Gasteiger partial charge in [0.1, 0.15) is 0 Å². The van der Waals surface area contributed by atoms with Gasteiger partial charge < -0.3 is 0 Å². The van der Waals surface area contributed by atoms with E-state index in [4.69, 9.17) is 0 Å². The highest BCUT2D eigenvalue weighted by atomic mass is 127. The van der Waals surface area contributed by atoms with Crippen LogP contribution in [0, 0.1) is 7.14 Å². The predicted octanol–water partition coefficient (Wildman–Crippen LogP) is 16.0. The molecule has 0 aliphatic carbocycles. The Bertz CT molecular complexity index is 2340. The van der Waals surface area contributed by atoms with Crippen molar-refractivity contribution in [1.82, 2.24) is 0 Å². The van der Waals surface area contributed by atoms with Gasteiger partial charge >= 0.3 is 0 Å². The fourth-order valence-corrected chi connectivity index (χ4v) is 9.75. The van der Waals surface area contributed by atoms with Crippen LogP contribution in [-0.2, 0) is 21.7 Å². The van der Waals surface area contributed by atoms with Gasteiger partial charge in [-0.05, 0) is 168 Å². The van der Waals surface area contributed by atoms with Crippen LogP contribution in [0.15, 0.2) is 97.1 Å². The monoisotopic (exact) mass is 906 g/mol. The van der Waals surface area contributed by atoms with Crippen molar-refractivity contribution >= 4 is 88.3 Å². The van der Waals surface area contributed by atoms with Gasteiger partial charge in [-0.15, -0.1) is 0 Å². The molecule has 7 rings (SSSR count). The first-order valence-electron chi connectivity index (χ1n) is 18.7. The first-order chi connectivity index (χ1) is 24.1. The smallest absolute Gasteiger partial charge is 0.0293 e. The Kier molecular flexibility index (Phi) is 9.21. The maximum atomic E-state index is 2.65. The number of halogens is 2. The van der Waals surface area contributed by atoms with Crippen molar-refractivity contribution in [2.75, 3.05) is 0 Å². The van der Waals surface area contributed by atoms with Crippen LogP contribution in [0.25, 0.3) is 65.3 Å². The van der Waals surface area contributed by atoms with Crippen LogP contribution in [0.5, 0.6) is 0 Å². The zero-order chi connectivity index (χ0) is 37.7. The van der Waals surface area contributed by atoms with E-state index in [-0.39, 0.29) is 21.7 Å². The van der Waals surface area contributed by atoms with E-state index in [0.717, 1.165) is 0 Å². The quantitative estimate of drug-likeness (QED) is 0.0921. The van der Waals surface area contributed by atoms with Gasteiger partial charge in [-0.2, -0.15) is 0 Å². The van der Waals surface area contributed by atoms with Gasteiger partial charge in [-0.25, -0.2) is 0 Å². The molecule has 0 saturated heterocycles. The van der Waals surface area contributed by atoms with Crippen LogP contribution < -0.4 is 0 Å². The molecule has 52 heavy (non-hydrogen) atoms. The van der Waals surface area contributed by atoms with Crippen LogP contribution in [0.3, 0.4) is 0 Å². The largest absolute Gasteiger partial charge is 0.0579 e. The summed E-state index contributed by atoms with van der Waals surface area (Å²) in [5, 5.41) is 10.6. The molecule has 0 aliphatic rings. The molecule has 7 aromatic carbocycles. The summed E-state index contributed by atoms with van der Waals surface area (Å²) in [6.45, 7) is 27.7. The Morgan fingerprint density at radius 3 is 0.865 bits per heavy atom. The van der Waals surface area contributed by atoms with Crippen LogP contribution in [0.4, 0.5) is 0 Å². The van der Waals surface area contributed by atoms with E-state index in [1.165, 1.54) is 94.7 Å². The van der Waals surface area contributed by atoms with Gasteiger partial charge in [-0.3, -0.25) is 0 Å². The molecule has 0 atom stereocenters. The third-order valence-electron chi connectivity index (χ3n) is 11.0. The van der Waals surface area contributed by atoms with Gasteiger partial charge in [0.2, 0.25) is 0 Å². The summed E-state index contributed by atoms with van der Waals surface area (Å²) in [7, 11) is 0. The first-order valence-corrected chi connectivity index (χ1v) is 20.8. The highest BCUT2D eigenvalue weighted by Gasteiger charge is 2.24. The summed E-state index contributed by atoms with van der Waals surface area (Å²) in [5.41, 5.74) is 11.0. The van der Waals surface area contributed by atoms with E-state index in [9.17, 15) is 0 Å². The van der Waals surface area contributed by atoms with Crippen molar-refractivity contribution in [3.05, 3.63) is 126 Å². The number of fused-ring (bicyclic) bond motifs is 6. The highest BCUT2D eigenvalue weighted by molar-refractivity contribution is 14.1. The Hall–Kier alpha value is -2.96. The number of benzene rings is 7. The molecule has 0 spiro atoms. The van der Waals surface area contributed by atoms with Crippen LogP contribution in [0.2, 0.25) is 0 Å². The molecule has 2 heteroatoms. The minimum absolute atomic E-state index is 0.0446. The van der Waals surface area contributed by atoms with E-state index in [0.29, 0.717) is 0 Å². The minimum Gasteiger partial charge on any atom is -0.0579 e. The molecule has 0 amide bonds. The second-order valence-corrected chi connectivity index (χ2v) is 21.2. The normalized spacial score (nSPS) is 13.2. The van der Waals surface area contributed by atoms with Crippen molar-refractivity contribution in [3.8, 4) is 22.3 Å². The van der Waals surface area contributed by atoms with Gasteiger partial charge in [0.15, 0.2) is 0 Å². The van der Waals surface area contributed by atoms with Crippen molar-refractivity contribution in [2.24, 2.45) is 0 Å². The lowest BCUT2D eigenvalue weighted by atomic mass is 9.81. The topological polar surface area (TPSA) is 0 Å². The van der Waals surface area contributed by atoms with Crippen LogP contribution in [0.1, 0.15) is 105 Å². The molecule has 0 bridgehead atoms. The van der Waals surface area contributed by atoms with E-state index < -0.39 is 0 Å². The van der Waals surface area contributed by atoms with Crippen molar-refractivity contribution in [2.45, 2.75) is 105 Å². The van der Waals surface area contributed by atoms with E-state index in [1.54, 1.807) is 0 Å². The highest BCUT2D eigenvalue weighted by Crippen LogP contribution is 2.47. The third-order valence-corrected chi connectivity index (χ3v) is 13.3. The van der Waals surface area contributed by atoms with Crippen molar-refractivity contribution in [1.29, 1.82) is 0 Å². The number of rotatable bonds is 2. The maximum absolute atomic E-state index is 2.65. The second kappa shape index (κ2) is 12.8. The van der Waals surface area contributed by atoms with E-state index >= 15 is 0 Å². The van der Waals surface area contributed by atoms with E-state index in [2.05, 4.69) is 225 Å². The predicted molar refractivity (Wildman–Crippen MR) is 248 cm³/mol. The Morgan fingerprint density at radius 2 is 0.577 bits per heavy atom. The molecular formula is C50H52I2. The lowest BCUT2D eigenvalue weighted by Crippen LogP contribution is -2.11. The molecule has 266 valence electrons. The zero-order valence-electron chi connectivity index (χ0n) is 33.0. The van der Waals surface area contributed by atoms with E-state index in [1.807, 2.05) is 0 Å². The standard InChI is InChI=1S/C50H52I2/c1-47(2,3)31-17-13-29(14-18-31)43-39-25-33(49(7,8)9)21-23-35(39)37-28-42-38(27-41(37)45(43)51)36-24-22-34(50(10,11)12)26-40(36)44(46(42)52)30-15-19-32(20-16-30)48(4,5)6/h13-28H,1-12H3. The SMILES string of the molecule is CC(C)(C)c1ccc(-c2c(I)c3cc4c(cc3c3ccc(C(C)(C)C)cc23)c(I)c(-c2ccc(C(C)(C)C)cc2)c2cc(C(C)(C)C)ccc24)cc1. The van der Waals surface area contributed by atoms with Crippen molar-refractivity contribution in [3.63, 3.8) is 0 Å². The molecule has 0 aromatic heterocycles. The van der Waals surface area contributed by atoms with Gasteiger partial charge in [0.25, 0.3) is 0 Å². The average Bonchev–Trinajstić information content (AvgIpc) is 3.06. The summed E-state index contributed by atoms with van der Waals surface area (Å²) in [6.07, 6.45) is 0. The lowest BCUT2D eigenvalue weighted by Gasteiger charge is -2.24. The summed E-state index contributed by atoms with van der Waals surface area (Å²) in [4.78, 5) is 0. The van der Waals surface area contributed by atoms with Gasteiger partial charge in [-0.1, -0.05) is 156 Å². The molecular weight excluding hydrogens is 854 g/mol. The molecule has 0 heterocycles. The summed E-state index contributed by atoms with van der Waals surface area (Å²) in [6, 6.07) is 38.1. The summed E-state index contributed by atoms with van der Waals surface area (Å²) >= 11 is 5.30. The summed E-state index contributed by atoms with van der Waals surface area (Å²) < 4.78 is 2.63. The zero-order valence-corrected chi connectivity index (χ0v) is 37.3. The Balaban J connectivity index is 1.61. The van der Waals surface area contributed by atoms with Crippen LogP contribution in [-0.4, -0.2) is 0 Å². The van der Waals surface area contributed by atoms with Gasteiger partial charge in [0, 0.05) is 18.3 Å². The van der Waals surface area contributed by atoms with Crippen molar-refractivity contribution < 1.29 is 0 Å². The minimum atomic E-state index is 0.0446. The molecule has 0 saturated carbocycles. The van der Waals surface area contributed by atoms with Crippen LogP contribution >= 0.6 is 45.2 Å². The molecule has 0 aliphatic heterocycles. The first kappa shape index (κ1) is 37.4. The third kappa shape index (κ3) is 6.59. The van der Waals surface area contributed by atoms with Gasteiger partial charge in [0.05, 0.1) is 0 Å². The molecule has 7 aromatic rings. The Morgan fingerprint density at radius 1 is 0.288 bits per heavy atom. The maximum Gasteiger partial charge on any atom is 0.0293 e. The number of hydrogen-bond donors (Lipinski definition) is 0. The average molecular weight is 907 g/mol. The second-order valence-electron chi connectivity index (χ2n) is 19.0. The number of hydrogen-bond acceptors (Lipinski definition) is 0. The summed E-state index contributed by atoms with van der Waals surface area (Å²) in [5.74, 6) is 0. The fraction of sp³-hybridized carbons (Fsp3) is 0.320. The molecule has 0 nitrogen and oxygen atoms in total. The lowest BCUT2D eigenvalue weighted by molar-refractivity contribution is 0.590. The molecule has 0 N–H and O–H groups in total.